The normalized spacial score (nSPS) is 19.6. The lowest BCUT2D eigenvalue weighted by atomic mass is 10.0. The molecule has 0 saturated carbocycles. The molecule has 2 N–H and O–H groups in total. The third-order valence-electron chi connectivity index (χ3n) is 5.59. The molecule has 0 aliphatic carbocycles. The number of carbonyl (C=O) groups is 1. The van der Waals surface area contributed by atoms with Gasteiger partial charge in [0.15, 0.2) is 0 Å². The molecule has 1 saturated heterocycles. The zero-order chi connectivity index (χ0) is 24.4. The molecule has 2 aromatic carbocycles. The Morgan fingerprint density at radius 1 is 0.970 bits per heavy atom. The lowest BCUT2D eigenvalue weighted by Gasteiger charge is -2.37. The summed E-state index contributed by atoms with van der Waals surface area (Å²) >= 11 is 0. The second-order valence-corrected chi connectivity index (χ2v) is 11.7. The number of nitrogens with one attached hydrogen (secondary N) is 2. The van der Waals surface area contributed by atoms with Crippen molar-refractivity contribution in [2.45, 2.75) is 61.9 Å². The molecule has 33 heavy (non-hydrogen) atoms. The average molecular weight is 496 g/mol. The van der Waals surface area contributed by atoms with Gasteiger partial charge < -0.3 is 10.1 Å². The summed E-state index contributed by atoms with van der Waals surface area (Å²) in [4.78, 5) is 11.3. The Labute approximate surface area is 195 Å². The minimum atomic E-state index is -3.98. The monoisotopic (exact) mass is 495 g/mol. The van der Waals surface area contributed by atoms with Crippen molar-refractivity contribution in [2.75, 3.05) is 17.1 Å². The highest BCUT2D eigenvalue weighted by Crippen LogP contribution is 2.31. The number of nitrogens with zero attached hydrogens (tertiary/aromatic N) is 1. The summed E-state index contributed by atoms with van der Waals surface area (Å²) in [5.74, 6) is -0.121. The predicted octanol–water partition coefficient (Wildman–Crippen LogP) is 3.41. The molecule has 3 rings (SSSR count). The fourth-order valence-corrected chi connectivity index (χ4v) is 6.99. The minimum Gasteiger partial charge on any atom is -0.495 e. The van der Waals surface area contributed by atoms with Gasteiger partial charge in [-0.2, -0.15) is 4.31 Å². The third kappa shape index (κ3) is 5.48. The summed E-state index contributed by atoms with van der Waals surface area (Å²) in [6.45, 7) is 5.14. The summed E-state index contributed by atoms with van der Waals surface area (Å²) < 4.78 is 61.1. The first-order chi connectivity index (χ1) is 15.5. The molecule has 1 aliphatic heterocycles. The second kappa shape index (κ2) is 9.70. The van der Waals surface area contributed by atoms with Crippen LogP contribution in [0.4, 0.5) is 11.4 Å². The van der Waals surface area contributed by atoms with Crippen LogP contribution in [0.3, 0.4) is 0 Å². The number of piperidine rings is 1. The van der Waals surface area contributed by atoms with Crippen LogP contribution >= 0.6 is 0 Å². The van der Waals surface area contributed by atoms with Gasteiger partial charge in [-0.3, -0.25) is 9.52 Å². The van der Waals surface area contributed by atoms with E-state index < -0.39 is 20.0 Å². The average Bonchev–Trinajstić information content (AvgIpc) is 2.73. The molecule has 180 valence electrons. The molecular weight excluding hydrogens is 466 g/mol. The molecule has 0 unspecified atom stereocenters. The first kappa shape index (κ1) is 25.0. The third-order valence-corrected chi connectivity index (χ3v) is 9.11. The van der Waals surface area contributed by atoms with Gasteiger partial charge in [-0.1, -0.05) is 6.42 Å². The summed E-state index contributed by atoms with van der Waals surface area (Å²) in [5.41, 5.74) is 0.568. The van der Waals surface area contributed by atoms with Crippen LogP contribution in [-0.2, 0) is 24.8 Å². The van der Waals surface area contributed by atoms with Crippen molar-refractivity contribution >= 4 is 37.3 Å². The molecule has 0 radical (unpaired) electrons. The molecule has 0 bridgehead atoms. The van der Waals surface area contributed by atoms with Gasteiger partial charge in [0, 0.05) is 30.8 Å². The molecule has 1 aliphatic rings. The van der Waals surface area contributed by atoms with E-state index in [2.05, 4.69) is 10.0 Å². The molecule has 1 heterocycles. The van der Waals surface area contributed by atoms with Crippen LogP contribution in [0.25, 0.3) is 0 Å². The van der Waals surface area contributed by atoms with E-state index in [0.29, 0.717) is 5.69 Å². The second-order valence-electron chi connectivity index (χ2n) is 8.14. The van der Waals surface area contributed by atoms with Crippen LogP contribution < -0.4 is 14.8 Å². The van der Waals surface area contributed by atoms with Crippen LogP contribution in [0.2, 0.25) is 0 Å². The minimum absolute atomic E-state index is 0.0684. The Kier molecular flexibility index (Phi) is 7.35. The van der Waals surface area contributed by atoms with Gasteiger partial charge in [-0.25, -0.2) is 16.8 Å². The lowest BCUT2D eigenvalue weighted by Crippen LogP contribution is -2.47. The standard InChI is InChI=1S/C22H29N3O6S2/c1-15-6-5-7-16(2)25(15)33(29,30)19-10-8-18(9-11-19)24-32(27,28)20-12-13-21(23-17(3)26)22(14-20)31-4/h8-16,24H,5-7H2,1-4H3,(H,23,26)/t15-,16-/m1/s1. The smallest absolute Gasteiger partial charge is 0.262 e. The first-order valence-electron chi connectivity index (χ1n) is 10.6. The molecule has 1 fully saturated rings. The maximum absolute atomic E-state index is 13.1. The maximum Gasteiger partial charge on any atom is 0.262 e. The van der Waals surface area contributed by atoms with E-state index in [4.69, 9.17) is 4.74 Å². The molecule has 0 spiro atoms. The van der Waals surface area contributed by atoms with E-state index in [-0.39, 0.29) is 39.2 Å². The summed E-state index contributed by atoms with van der Waals surface area (Å²) in [6, 6.07) is 9.55. The van der Waals surface area contributed by atoms with Crippen molar-refractivity contribution < 1.29 is 26.4 Å². The van der Waals surface area contributed by atoms with E-state index in [1.807, 2.05) is 13.8 Å². The number of amides is 1. The fraction of sp³-hybridized carbons (Fsp3) is 0.409. The van der Waals surface area contributed by atoms with Gasteiger partial charge in [0.2, 0.25) is 15.9 Å². The lowest BCUT2D eigenvalue weighted by molar-refractivity contribution is -0.114. The van der Waals surface area contributed by atoms with E-state index in [1.54, 1.807) is 4.31 Å². The van der Waals surface area contributed by atoms with Crippen LogP contribution in [0.1, 0.15) is 40.0 Å². The fourth-order valence-electron chi connectivity index (χ4n) is 4.03. The van der Waals surface area contributed by atoms with Gasteiger partial charge in [0.25, 0.3) is 10.0 Å². The van der Waals surface area contributed by atoms with Gasteiger partial charge >= 0.3 is 0 Å². The Balaban J connectivity index is 1.82. The Hall–Kier alpha value is -2.63. The predicted molar refractivity (Wildman–Crippen MR) is 126 cm³/mol. The number of benzene rings is 2. The molecule has 9 nitrogen and oxygen atoms in total. The number of methoxy groups -OCH3 is 1. The number of anilines is 2. The highest BCUT2D eigenvalue weighted by Gasteiger charge is 2.35. The van der Waals surface area contributed by atoms with Crippen molar-refractivity contribution in [3.05, 3.63) is 42.5 Å². The van der Waals surface area contributed by atoms with Crippen LogP contribution in [-0.4, -0.2) is 46.2 Å². The van der Waals surface area contributed by atoms with Crippen molar-refractivity contribution in [3.63, 3.8) is 0 Å². The quantitative estimate of drug-likeness (QED) is 0.607. The van der Waals surface area contributed by atoms with Gasteiger partial charge in [0.05, 0.1) is 22.6 Å². The highest BCUT2D eigenvalue weighted by molar-refractivity contribution is 7.92. The van der Waals surface area contributed by atoms with Crippen molar-refractivity contribution in [1.29, 1.82) is 0 Å². The highest BCUT2D eigenvalue weighted by atomic mass is 32.2. The zero-order valence-corrected chi connectivity index (χ0v) is 20.7. The molecule has 2 aromatic rings. The topological polar surface area (TPSA) is 122 Å². The van der Waals surface area contributed by atoms with Gasteiger partial charge in [-0.15, -0.1) is 0 Å². The summed E-state index contributed by atoms with van der Waals surface area (Å²) in [6.07, 6.45) is 2.61. The maximum atomic E-state index is 13.1. The number of sulfonamides is 2. The Bertz CT molecular complexity index is 1220. The van der Waals surface area contributed by atoms with E-state index in [9.17, 15) is 21.6 Å². The molecular formula is C22H29N3O6S2. The van der Waals surface area contributed by atoms with Crippen molar-refractivity contribution in [2.24, 2.45) is 0 Å². The SMILES string of the molecule is COc1cc(S(=O)(=O)Nc2ccc(S(=O)(=O)N3[C@H](C)CCC[C@H]3C)cc2)ccc1NC(C)=O. The van der Waals surface area contributed by atoms with Crippen LogP contribution in [0, 0.1) is 0 Å². The largest absolute Gasteiger partial charge is 0.495 e. The van der Waals surface area contributed by atoms with E-state index in [1.165, 1.54) is 56.5 Å². The van der Waals surface area contributed by atoms with Gasteiger partial charge in [0.1, 0.15) is 5.75 Å². The number of hydrogen-bond donors (Lipinski definition) is 2. The van der Waals surface area contributed by atoms with Crippen LogP contribution in [0.5, 0.6) is 5.75 Å². The Morgan fingerprint density at radius 3 is 2.09 bits per heavy atom. The van der Waals surface area contributed by atoms with Gasteiger partial charge in [-0.05, 0) is 63.1 Å². The summed E-state index contributed by atoms with van der Waals surface area (Å²) in [5, 5.41) is 2.57. The van der Waals surface area contributed by atoms with Crippen LogP contribution in [0.15, 0.2) is 52.3 Å². The van der Waals surface area contributed by atoms with E-state index in [0.717, 1.165) is 19.3 Å². The number of ether oxygens (including phenoxy) is 1. The number of carbonyl (C=O) groups excluding carboxylic acids is 1. The molecule has 0 aromatic heterocycles. The number of hydrogen-bond acceptors (Lipinski definition) is 6. The molecule has 2 atom stereocenters. The van der Waals surface area contributed by atoms with Crippen molar-refractivity contribution in [3.8, 4) is 5.75 Å². The first-order valence-corrected chi connectivity index (χ1v) is 13.5. The van der Waals surface area contributed by atoms with E-state index >= 15 is 0 Å². The van der Waals surface area contributed by atoms with Crippen molar-refractivity contribution in [1.82, 2.24) is 4.31 Å². The Morgan fingerprint density at radius 2 is 1.55 bits per heavy atom. The zero-order valence-electron chi connectivity index (χ0n) is 19.0. The molecule has 11 heteroatoms. The number of rotatable bonds is 7. The summed E-state index contributed by atoms with van der Waals surface area (Å²) in [7, 11) is -6.30. The molecule has 1 amide bonds.